The van der Waals surface area contributed by atoms with E-state index in [1.165, 1.54) is 6.07 Å². The summed E-state index contributed by atoms with van der Waals surface area (Å²) in [6, 6.07) is 2.23. The van der Waals surface area contributed by atoms with Crippen molar-refractivity contribution in [3.63, 3.8) is 0 Å². The first-order valence-corrected chi connectivity index (χ1v) is 7.01. The van der Waals surface area contributed by atoms with E-state index in [1.54, 1.807) is 0 Å². The number of rotatable bonds is 2. The fourth-order valence-corrected chi connectivity index (χ4v) is 2.92. The Bertz CT molecular complexity index is 502. The molecule has 1 N–H and O–H groups in total. The molecule has 0 aliphatic carbocycles. The van der Waals surface area contributed by atoms with Crippen LogP contribution in [-0.2, 0) is 4.74 Å². The summed E-state index contributed by atoms with van der Waals surface area (Å²) >= 11 is 2.97. The number of ether oxygens (including phenoxy) is 1. The molecule has 1 unspecified atom stereocenters. The second-order valence-corrected chi connectivity index (χ2v) is 6.97. The van der Waals surface area contributed by atoms with E-state index < -0.39 is 17.2 Å². The predicted molar refractivity (Wildman–Crippen MR) is 75.3 cm³/mol. The van der Waals surface area contributed by atoms with Gasteiger partial charge in [0.1, 0.15) is 11.6 Å². The molecule has 1 atom stereocenters. The molecule has 0 radical (unpaired) electrons. The van der Waals surface area contributed by atoms with Gasteiger partial charge < -0.3 is 10.1 Å². The van der Waals surface area contributed by atoms with Crippen LogP contribution in [0.3, 0.4) is 0 Å². The van der Waals surface area contributed by atoms with Crippen LogP contribution in [0, 0.1) is 11.6 Å². The Morgan fingerprint density at radius 1 is 1.21 bits per heavy atom. The molecule has 1 aromatic rings. The van der Waals surface area contributed by atoms with Gasteiger partial charge in [-0.15, -0.1) is 0 Å². The second kappa shape index (κ2) is 4.70. The second-order valence-electron chi connectivity index (χ2n) is 6.11. The van der Waals surface area contributed by atoms with Gasteiger partial charge in [0.25, 0.3) is 0 Å². The van der Waals surface area contributed by atoms with Crippen molar-refractivity contribution in [3.05, 3.63) is 28.2 Å². The Kier molecular flexibility index (Phi) is 3.64. The minimum Gasteiger partial charge on any atom is -0.377 e. The summed E-state index contributed by atoms with van der Waals surface area (Å²) in [5.74, 6) is -0.964. The van der Waals surface area contributed by atoms with Gasteiger partial charge in [-0.1, -0.05) is 0 Å². The van der Waals surface area contributed by atoms with Crippen LogP contribution in [0.1, 0.15) is 34.1 Å². The van der Waals surface area contributed by atoms with Crippen molar-refractivity contribution >= 4 is 21.6 Å². The summed E-state index contributed by atoms with van der Waals surface area (Å²) < 4.78 is 33.4. The van der Waals surface area contributed by atoms with Crippen molar-refractivity contribution in [2.24, 2.45) is 0 Å². The molecule has 1 saturated heterocycles. The minimum absolute atomic E-state index is 0.0717. The highest BCUT2D eigenvalue weighted by Crippen LogP contribution is 2.39. The van der Waals surface area contributed by atoms with E-state index in [-0.39, 0.29) is 21.8 Å². The average molecular weight is 334 g/mol. The summed E-state index contributed by atoms with van der Waals surface area (Å²) in [7, 11) is 0. The molecule has 1 fully saturated rings. The number of benzene rings is 1. The van der Waals surface area contributed by atoms with Gasteiger partial charge in [-0.2, -0.15) is 0 Å². The molecular formula is C14H18BrF2NO. The van der Waals surface area contributed by atoms with Crippen LogP contribution in [0.5, 0.6) is 0 Å². The van der Waals surface area contributed by atoms with Crippen LogP contribution in [0.25, 0.3) is 0 Å². The third kappa shape index (κ3) is 3.08. The Morgan fingerprint density at radius 3 is 2.37 bits per heavy atom. The van der Waals surface area contributed by atoms with Crippen molar-refractivity contribution in [3.8, 4) is 0 Å². The fourth-order valence-electron chi connectivity index (χ4n) is 2.61. The zero-order valence-electron chi connectivity index (χ0n) is 11.5. The molecule has 0 saturated carbocycles. The summed E-state index contributed by atoms with van der Waals surface area (Å²) in [5.41, 5.74) is -0.537. The minimum atomic E-state index is -0.486. The Labute approximate surface area is 120 Å². The van der Waals surface area contributed by atoms with E-state index in [1.807, 2.05) is 27.7 Å². The molecule has 1 heterocycles. The molecule has 1 aromatic carbocycles. The van der Waals surface area contributed by atoms with Gasteiger partial charge in [-0.25, -0.2) is 8.78 Å². The molecule has 1 aliphatic heterocycles. The van der Waals surface area contributed by atoms with Gasteiger partial charge >= 0.3 is 0 Å². The lowest BCUT2D eigenvalue weighted by molar-refractivity contribution is -0.0662. The summed E-state index contributed by atoms with van der Waals surface area (Å²) in [5, 5.41) is 3.06. The molecule has 5 heteroatoms. The van der Waals surface area contributed by atoms with Gasteiger partial charge in [-0.3, -0.25) is 0 Å². The first-order chi connectivity index (χ1) is 8.61. The van der Waals surface area contributed by atoms with Crippen LogP contribution in [-0.4, -0.2) is 17.2 Å². The number of nitrogens with one attached hydrogen (secondary N) is 1. The molecule has 1 aliphatic rings. The Morgan fingerprint density at radius 2 is 1.84 bits per heavy atom. The molecule has 0 amide bonds. The van der Waals surface area contributed by atoms with E-state index in [4.69, 9.17) is 4.74 Å². The van der Waals surface area contributed by atoms with Gasteiger partial charge in [0, 0.05) is 6.07 Å². The monoisotopic (exact) mass is 333 g/mol. The first kappa shape index (κ1) is 14.7. The molecule has 0 bridgehead atoms. The molecule has 19 heavy (non-hydrogen) atoms. The predicted octanol–water partition coefficient (Wildman–Crippen LogP) is 4.49. The maximum Gasteiger partial charge on any atom is 0.147 e. The lowest BCUT2D eigenvalue weighted by Gasteiger charge is -2.28. The van der Waals surface area contributed by atoms with Crippen molar-refractivity contribution < 1.29 is 13.5 Å². The lowest BCUT2D eigenvalue weighted by atomic mass is 9.94. The standard InChI is InChI=1S/C14H18BrF2NO/c1-13(2)7-12(14(3,4)19-13)18-11-6-9(16)8(15)5-10(11)17/h5-6,12,18H,7H2,1-4H3. The summed E-state index contributed by atoms with van der Waals surface area (Å²) in [4.78, 5) is 0. The van der Waals surface area contributed by atoms with E-state index in [0.717, 1.165) is 12.5 Å². The molecule has 2 rings (SSSR count). The lowest BCUT2D eigenvalue weighted by Crippen LogP contribution is -2.38. The first-order valence-electron chi connectivity index (χ1n) is 6.22. The topological polar surface area (TPSA) is 21.3 Å². The number of anilines is 1. The highest BCUT2D eigenvalue weighted by Gasteiger charge is 2.46. The third-order valence-electron chi connectivity index (χ3n) is 3.41. The SMILES string of the molecule is CC1(C)CC(Nc2cc(F)c(Br)cc2F)C(C)(C)O1. The quantitative estimate of drug-likeness (QED) is 0.805. The van der Waals surface area contributed by atoms with Crippen LogP contribution >= 0.6 is 15.9 Å². The Balaban J connectivity index is 2.25. The zero-order valence-corrected chi connectivity index (χ0v) is 13.1. The van der Waals surface area contributed by atoms with E-state index in [9.17, 15) is 8.78 Å². The zero-order chi connectivity index (χ0) is 14.4. The molecule has 0 aromatic heterocycles. The van der Waals surface area contributed by atoms with Gasteiger partial charge in [0.2, 0.25) is 0 Å². The van der Waals surface area contributed by atoms with E-state index in [2.05, 4.69) is 21.2 Å². The smallest absolute Gasteiger partial charge is 0.147 e. The molecular weight excluding hydrogens is 316 g/mol. The largest absolute Gasteiger partial charge is 0.377 e. The fraction of sp³-hybridized carbons (Fsp3) is 0.571. The highest BCUT2D eigenvalue weighted by molar-refractivity contribution is 9.10. The van der Waals surface area contributed by atoms with E-state index >= 15 is 0 Å². The summed E-state index contributed by atoms with van der Waals surface area (Å²) in [6.45, 7) is 7.89. The van der Waals surface area contributed by atoms with Crippen molar-refractivity contribution in [2.45, 2.75) is 51.4 Å². The van der Waals surface area contributed by atoms with Crippen LogP contribution < -0.4 is 5.32 Å². The normalized spacial score (nSPS) is 24.5. The van der Waals surface area contributed by atoms with Crippen LogP contribution in [0.15, 0.2) is 16.6 Å². The van der Waals surface area contributed by atoms with Gasteiger partial charge in [-0.05, 0) is 56.1 Å². The number of hydrogen-bond donors (Lipinski definition) is 1. The average Bonchev–Trinajstić information content (AvgIpc) is 2.43. The van der Waals surface area contributed by atoms with Crippen molar-refractivity contribution in [1.82, 2.24) is 0 Å². The van der Waals surface area contributed by atoms with Crippen LogP contribution in [0.2, 0.25) is 0 Å². The number of hydrogen-bond acceptors (Lipinski definition) is 2. The summed E-state index contributed by atoms with van der Waals surface area (Å²) in [6.07, 6.45) is 0.733. The highest BCUT2D eigenvalue weighted by atomic mass is 79.9. The van der Waals surface area contributed by atoms with Gasteiger partial charge in [0.05, 0.1) is 27.4 Å². The molecule has 0 spiro atoms. The Hall–Kier alpha value is -0.680. The van der Waals surface area contributed by atoms with Crippen molar-refractivity contribution in [2.75, 3.05) is 5.32 Å². The van der Waals surface area contributed by atoms with Crippen LogP contribution in [0.4, 0.5) is 14.5 Å². The van der Waals surface area contributed by atoms with E-state index in [0.29, 0.717) is 0 Å². The maximum absolute atomic E-state index is 13.8. The number of halogens is 3. The van der Waals surface area contributed by atoms with Gasteiger partial charge in [0.15, 0.2) is 0 Å². The van der Waals surface area contributed by atoms with Crippen molar-refractivity contribution in [1.29, 1.82) is 0 Å². The molecule has 106 valence electrons. The molecule has 2 nitrogen and oxygen atoms in total. The maximum atomic E-state index is 13.8. The third-order valence-corrected chi connectivity index (χ3v) is 4.02.